The predicted octanol–water partition coefficient (Wildman–Crippen LogP) is 4.85. The van der Waals surface area contributed by atoms with Crippen LogP contribution < -0.4 is 9.47 Å². The number of methoxy groups -OCH3 is 2. The van der Waals surface area contributed by atoms with E-state index in [0.717, 1.165) is 30.8 Å². The van der Waals surface area contributed by atoms with Gasteiger partial charge in [-0.1, -0.05) is 35.3 Å². The monoisotopic (exact) mass is 450 g/mol. The first-order valence-corrected chi connectivity index (χ1v) is 10.8. The van der Waals surface area contributed by atoms with Gasteiger partial charge in [-0.25, -0.2) is 0 Å². The van der Waals surface area contributed by atoms with Gasteiger partial charge in [-0.15, -0.1) is 0 Å². The third kappa shape index (κ3) is 5.39. The summed E-state index contributed by atoms with van der Waals surface area (Å²) in [6.45, 7) is 2.89. The van der Waals surface area contributed by atoms with E-state index in [2.05, 4.69) is 4.90 Å². The van der Waals surface area contributed by atoms with Gasteiger partial charge < -0.3 is 19.3 Å². The van der Waals surface area contributed by atoms with E-state index in [1.54, 1.807) is 26.4 Å². The number of hydrogen-bond acceptors (Lipinski definition) is 4. The van der Waals surface area contributed by atoms with Gasteiger partial charge in [0.1, 0.15) is 0 Å². The number of carbonyl (C=O) groups excluding carboxylic acids is 1. The molecule has 7 heteroatoms. The van der Waals surface area contributed by atoms with Crippen molar-refractivity contribution in [3.63, 3.8) is 0 Å². The van der Waals surface area contributed by atoms with Crippen LogP contribution in [0.5, 0.6) is 11.5 Å². The maximum Gasteiger partial charge on any atom is 0.227 e. The largest absolute Gasteiger partial charge is 0.493 e. The number of benzene rings is 2. The molecule has 0 saturated carbocycles. The Morgan fingerprint density at radius 2 is 1.73 bits per heavy atom. The summed E-state index contributed by atoms with van der Waals surface area (Å²) >= 11 is 12.1. The summed E-state index contributed by atoms with van der Waals surface area (Å²) in [5, 5.41) is 0.941. The van der Waals surface area contributed by atoms with Crippen LogP contribution in [0.25, 0.3) is 0 Å². The molecule has 30 heavy (non-hydrogen) atoms. The van der Waals surface area contributed by atoms with Gasteiger partial charge >= 0.3 is 0 Å². The van der Waals surface area contributed by atoms with E-state index >= 15 is 0 Å². The van der Waals surface area contributed by atoms with Crippen molar-refractivity contribution in [2.75, 3.05) is 40.9 Å². The van der Waals surface area contributed by atoms with Crippen molar-refractivity contribution in [1.29, 1.82) is 0 Å². The molecule has 1 fully saturated rings. The molecule has 5 nitrogen and oxygen atoms in total. The van der Waals surface area contributed by atoms with Gasteiger partial charge in [-0.05, 0) is 61.3 Å². The van der Waals surface area contributed by atoms with Crippen LogP contribution in [0.2, 0.25) is 10.0 Å². The Kier molecular flexibility index (Phi) is 7.87. The number of halogens is 2. The third-order valence-electron chi connectivity index (χ3n) is 5.62. The normalized spacial score (nSPS) is 15.1. The Morgan fingerprint density at radius 3 is 2.37 bits per heavy atom. The lowest BCUT2D eigenvalue weighted by atomic mass is 10.0. The zero-order chi connectivity index (χ0) is 21.7. The third-order valence-corrected chi connectivity index (χ3v) is 6.36. The SMILES string of the molecule is COc1ccc([C@H](CN2CCCC2)N(C)C(=O)Cc2ccc(Cl)c(Cl)c2)cc1OC. The average molecular weight is 451 g/mol. The molecule has 1 saturated heterocycles. The molecule has 0 unspecified atom stereocenters. The second-order valence-corrected chi connectivity index (χ2v) is 8.38. The Balaban J connectivity index is 1.84. The smallest absolute Gasteiger partial charge is 0.227 e. The number of hydrogen-bond donors (Lipinski definition) is 0. The van der Waals surface area contributed by atoms with Gasteiger partial charge in [0.05, 0.1) is 36.7 Å². The highest BCUT2D eigenvalue weighted by atomic mass is 35.5. The highest BCUT2D eigenvalue weighted by Gasteiger charge is 2.26. The van der Waals surface area contributed by atoms with Crippen molar-refractivity contribution >= 4 is 29.1 Å². The molecule has 0 aliphatic carbocycles. The number of carbonyl (C=O) groups is 1. The second kappa shape index (κ2) is 10.4. The van der Waals surface area contributed by atoms with Crippen molar-refractivity contribution in [2.24, 2.45) is 0 Å². The van der Waals surface area contributed by atoms with Crippen LogP contribution in [0.15, 0.2) is 36.4 Å². The minimum atomic E-state index is -0.0989. The van der Waals surface area contributed by atoms with E-state index in [1.165, 1.54) is 12.8 Å². The Labute approximate surface area is 188 Å². The van der Waals surface area contributed by atoms with E-state index in [0.29, 0.717) is 21.5 Å². The lowest BCUT2D eigenvalue weighted by Gasteiger charge is -2.32. The fourth-order valence-corrected chi connectivity index (χ4v) is 4.16. The van der Waals surface area contributed by atoms with Crippen LogP contribution in [-0.2, 0) is 11.2 Å². The van der Waals surface area contributed by atoms with Gasteiger partial charge in [0.25, 0.3) is 0 Å². The van der Waals surface area contributed by atoms with E-state index < -0.39 is 0 Å². The van der Waals surface area contributed by atoms with Crippen molar-refractivity contribution in [3.8, 4) is 11.5 Å². The number of nitrogens with zero attached hydrogens (tertiary/aromatic N) is 2. The van der Waals surface area contributed by atoms with E-state index in [1.807, 2.05) is 36.2 Å². The zero-order valence-corrected chi connectivity index (χ0v) is 19.2. The summed E-state index contributed by atoms with van der Waals surface area (Å²) in [5.41, 5.74) is 1.86. The lowest BCUT2D eigenvalue weighted by molar-refractivity contribution is -0.131. The maximum absolute atomic E-state index is 13.2. The standard InChI is InChI=1S/C23H28Cl2N2O3/c1-26(23(28)13-16-6-8-18(24)19(25)12-16)20(15-27-10-4-5-11-27)17-7-9-21(29-2)22(14-17)30-3/h6-9,12,14,20H,4-5,10-11,13,15H2,1-3H3/t20-/m0/s1. The van der Waals surface area contributed by atoms with Crippen LogP contribution in [-0.4, -0.2) is 56.6 Å². The minimum absolute atomic E-state index is 0.0207. The molecule has 0 aromatic heterocycles. The lowest BCUT2D eigenvalue weighted by Crippen LogP contribution is -2.39. The Hall–Kier alpha value is -1.95. The number of ether oxygens (including phenoxy) is 2. The second-order valence-electron chi connectivity index (χ2n) is 7.57. The summed E-state index contributed by atoms with van der Waals surface area (Å²) in [6, 6.07) is 11.1. The van der Waals surface area contributed by atoms with Crippen molar-refractivity contribution in [1.82, 2.24) is 9.80 Å². The topological polar surface area (TPSA) is 42.0 Å². The minimum Gasteiger partial charge on any atom is -0.493 e. The van der Waals surface area contributed by atoms with Crippen molar-refractivity contribution in [2.45, 2.75) is 25.3 Å². The van der Waals surface area contributed by atoms with Gasteiger partial charge in [-0.2, -0.15) is 0 Å². The number of rotatable bonds is 8. The molecule has 2 aromatic rings. The number of amides is 1. The Bertz CT molecular complexity index is 885. The summed E-state index contributed by atoms with van der Waals surface area (Å²) in [7, 11) is 5.10. The fourth-order valence-electron chi connectivity index (χ4n) is 3.84. The molecule has 0 spiro atoms. The first kappa shape index (κ1) is 22.7. The van der Waals surface area contributed by atoms with Gasteiger partial charge in [0.15, 0.2) is 11.5 Å². The molecule has 0 N–H and O–H groups in total. The molecule has 1 aliphatic heterocycles. The van der Waals surface area contributed by atoms with Crippen LogP contribution in [0.3, 0.4) is 0 Å². The molecular formula is C23H28Cl2N2O3. The van der Waals surface area contributed by atoms with E-state index in [9.17, 15) is 4.79 Å². The molecule has 0 radical (unpaired) electrons. The highest BCUT2D eigenvalue weighted by molar-refractivity contribution is 6.42. The van der Waals surface area contributed by atoms with Crippen LogP contribution in [0, 0.1) is 0 Å². The highest BCUT2D eigenvalue weighted by Crippen LogP contribution is 2.33. The first-order valence-electron chi connectivity index (χ1n) is 10.1. The zero-order valence-electron chi connectivity index (χ0n) is 17.7. The van der Waals surface area contributed by atoms with E-state index in [4.69, 9.17) is 32.7 Å². The number of likely N-dealkylation sites (N-methyl/N-ethyl adjacent to an activating group) is 1. The fraction of sp³-hybridized carbons (Fsp3) is 0.435. The summed E-state index contributed by atoms with van der Waals surface area (Å²) in [4.78, 5) is 17.4. The molecule has 1 aliphatic rings. The molecule has 1 atom stereocenters. The summed E-state index contributed by atoms with van der Waals surface area (Å²) in [6.07, 6.45) is 2.65. The summed E-state index contributed by atoms with van der Waals surface area (Å²) in [5.74, 6) is 1.35. The van der Waals surface area contributed by atoms with Gasteiger partial charge in [0.2, 0.25) is 5.91 Å². The van der Waals surface area contributed by atoms with Crippen molar-refractivity contribution in [3.05, 3.63) is 57.6 Å². The van der Waals surface area contributed by atoms with E-state index in [-0.39, 0.29) is 18.4 Å². The van der Waals surface area contributed by atoms with Crippen LogP contribution in [0.1, 0.15) is 30.0 Å². The van der Waals surface area contributed by atoms with Crippen LogP contribution >= 0.6 is 23.2 Å². The molecule has 2 aromatic carbocycles. The predicted molar refractivity (Wildman–Crippen MR) is 121 cm³/mol. The number of likely N-dealkylation sites (tertiary alicyclic amines) is 1. The quantitative estimate of drug-likeness (QED) is 0.576. The summed E-state index contributed by atoms with van der Waals surface area (Å²) < 4.78 is 10.9. The molecule has 1 heterocycles. The molecule has 3 rings (SSSR count). The molecule has 162 valence electrons. The first-order chi connectivity index (χ1) is 14.4. The van der Waals surface area contributed by atoms with Gasteiger partial charge in [0, 0.05) is 13.6 Å². The van der Waals surface area contributed by atoms with Gasteiger partial charge in [-0.3, -0.25) is 4.79 Å². The molecule has 1 amide bonds. The van der Waals surface area contributed by atoms with Crippen LogP contribution in [0.4, 0.5) is 0 Å². The molecular weight excluding hydrogens is 423 g/mol. The average Bonchev–Trinajstić information content (AvgIpc) is 3.27. The molecule has 0 bridgehead atoms. The maximum atomic E-state index is 13.2. The van der Waals surface area contributed by atoms with Crippen molar-refractivity contribution < 1.29 is 14.3 Å². The Morgan fingerprint density at radius 1 is 1.03 bits per heavy atom.